The van der Waals surface area contributed by atoms with Crippen LogP contribution in [0, 0.1) is 0 Å². The highest BCUT2D eigenvalue weighted by molar-refractivity contribution is 6.33. The van der Waals surface area contributed by atoms with E-state index in [0.717, 1.165) is 25.9 Å². The van der Waals surface area contributed by atoms with Crippen LogP contribution in [-0.4, -0.2) is 42.1 Å². The van der Waals surface area contributed by atoms with Gasteiger partial charge in [-0.15, -0.1) is 0 Å². The lowest BCUT2D eigenvalue weighted by molar-refractivity contribution is -0.124. The number of nitrogens with zero attached hydrogens (tertiary/aromatic N) is 1. The molecule has 0 saturated carbocycles. The summed E-state index contributed by atoms with van der Waals surface area (Å²) < 4.78 is 5.80. The van der Waals surface area contributed by atoms with Crippen LogP contribution < -0.4 is 11.1 Å². The largest absolute Gasteiger partial charge is 0.397 e. The molecule has 114 valence electrons. The molecule has 0 radical (unpaired) electrons. The van der Waals surface area contributed by atoms with Crippen molar-refractivity contribution in [2.75, 3.05) is 24.1 Å². The summed E-state index contributed by atoms with van der Waals surface area (Å²) in [5.41, 5.74) is 6.89. The van der Waals surface area contributed by atoms with Crippen LogP contribution in [0.2, 0.25) is 5.02 Å². The van der Waals surface area contributed by atoms with E-state index < -0.39 is 0 Å². The van der Waals surface area contributed by atoms with E-state index in [0.29, 0.717) is 16.4 Å². The molecule has 0 aromatic heterocycles. The molecule has 2 fully saturated rings. The molecular formula is C15H20ClN3O2. The van der Waals surface area contributed by atoms with E-state index in [1.54, 1.807) is 18.2 Å². The second-order valence-electron chi connectivity index (χ2n) is 5.81. The highest BCUT2D eigenvalue weighted by Gasteiger charge is 2.37. The first-order valence-electron chi connectivity index (χ1n) is 7.28. The van der Waals surface area contributed by atoms with Crippen molar-refractivity contribution in [2.24, 2.45) is 0 Å². The van der Waals surface area contributed by atoms with Gasteiger partial charge in [0.25, 0.3) is 0 Å². The average molecular weight is 310 g/mol. The molecule has 2 bridgehead atoms. The summed E-state index contributed by atoms with van der Waals surface area (Å²) in [6.45, 7) is 3.58. The van der Waals surface area contributed by atoms with Gasteiger partial charge in [0, 0.05) is 18.8 Å². The lowest BCUT2D eigenvalue weighted by Gasteiger charge is -2.35. The van der Waals surface area contributed by atoms with E-state index in [-0.39, 0.29) is 24.2 Å². The third-order valence-electron chi connectivity index (χ3n) is 4.26. The Kier molecular flexibility index (Phi) is 4.06. The maximum absolute atomic E-state index is 12.4. The number of carbonyl (C=O) groups excluding carboxylic acids is 1. The maximum atomic E-state index is 12.4. The Morgan fingerprint density at radius 1 is 1.43 bits per heavy atom. The van der Waals surface area contributed by atoms with Crippen LogP contribution >= 0.6 is 11.6 Å². The summed E-state index contributed by atoms with van der Waals surface area (Å²) in [6.07, 6.45) is 2.77. The highest BCUT2D eigenvalue weighted by Crippen LogP contribution is 2.28. The fourth-order valence-electron chi connectivity index (χ4n) is 3.00. The molecule has 3 unspecified atom stereocenters. The van der Waals surface area contributed by atoms with Crippen molar-refractivity contribution < 1.29 is 9.53 Å². The molecule has 3 rings (SSSR count). The molecule has 3 N–H and O–H groups in total. The summed E-state index contributed by atoms with van der Waals surface area (Å²) in [5.74, 6) is -0.0296. The van der Waals surface area contributed by atoms with Gasteiger partial charge < -0.3 is 15.8 Å². The number of nitrogens with one attached hydrogen (secondary N) is 1. The monoisotopic (exact) mass is 309 g/mol. The van der Waals surface area contributed by atoms with Gasteiger partial charge in [-0.1, -0.05) is 11.6 Å². The number of rotatable bonds is 3. The van der Waals surface area contributed by atoms with Crippen molar-refractivity contribution in [3.8, 4) is 0 Å². The Morgan fingerprint density at radius 3 is 2.71 bits per heavy atom. The molecule has 1 aromatic rings. The molecule has 2 aliphatic rings. The topological polar surface area (TPSA) is 67.6 Å². The third kappa shape index (κ3) is 3.15. The molecule has 0 aliphatic carbocycles. The van der Waals surface area contributed by atoms with Gasteiger partial charge in [0.1, 0.15) is 0 Å². The van der Waals surface area contributed by atoms with Crippen LogP contribution in [0.4, 0.5) is 11.4 Å². The zero-order valence-electron chi connectivity index (χ0n) is 12.0. The quantitative estimate of drug-likeness (QED) is 0.839. The molecule has 1 amide bonds. The van der Waals surface area contributed by atoms with Gasteiger partial charge in [-0.05, 0) is 38.0 Å². The first-order valence-corrected chi connectivity index (χ1v) is 7.66. The van der Waals surface area contributed by atoms with Gasteiger partial charge >= 0.3 is 0 Å². The molecule has 2 saturated heterocycles. The summed E-state index contributed by atoms with van der Waals surface area (Å²) in [5, 5.41) is 3.39. The molecule has 1 aromatic carbocycles. The van der Waals surface area contributed by atoms with Crippen LogP contribution in [0.25, 0.3) is 0 Å². The summed E-state index contributed by atoms with van der Waals surface area (Å²) in [6, 6.07) is 4.93. The maximum Gasteiger partial charge on any atom is 0.241 e. The predicted octanol–water partition coefficient (Wildman–Crippen LogP) is 2.11. The average Bonchev–Trinajstić information content (AvgIpc) is 2.80. The van der Waals surface area contributed by atoms with Crippen molar-refractivity contribution in [3.05, 3.63) is 23.2 Å². The number of morpholine rings is 1. The number of carbonyl (C=O) groups is 1. The van der Waals surface area contributed by atoms with Gasteiger partial charge in [0.2, 0.25) is 5.91 Å². The second kappa shape index (κ2) is 5.83. The summed E-state index contributed by atoms with van der Waals surface area (Å²) in [4.78, 5) is 14.6. The molecular weight excluding hydrogens is 290 g/mol. The van der Waals surface area contributed by atoms with E-state index in [2.05, 4.69) is 10.2 Å². The molecule has 3 atom stereocenters. The van der Waals surface area contributed by atoms with Crippen molar-refractivity contribution in [1.82, 2.24) is 4.90 Å². The van der Waals surface area contributed by atoms with Gasteiger partial charge in [0.15, 0.2) is 0 Å². The first kappa shape index (κ1) is 14.6. The molecule has 2 aliphatic heterocycles. The number of hydrogen-bond acceptors (Lipinski definition) is 4. The third-order valence-corrected chi connectivity index (χ3v) is 4.61. The minimum absolute atomic E-state index is 0.0296. The number of likely N-dealkylation sites (tertiary alicyclic amines) is 1. The molecule has 21 heavy (non-hydrogen) atoms. The SMILES string of the molecule is CC(C(=O)Nc1ccc(Cl)c(N)c1)N1CC2CCC(C1)O2. The fourth-order valence-corrected chi connectivity index (χ4v) is 3.11. The lowest BCUT2D eigenvalue weighted by Crippen LogP contribution is -2.51. The van der Waals surface area contributed by atoms with E-state index in [1.165, 1.54) is 0 Å². The van der Waals surface area contributed by atoms with E-state index in [4.69, 9.17) is 22.1 Å². The van der Waals surface area contributed by atoms with Crippen LogP contribution in [-0.2, 0) is 9.53 Å². The molecule has 6 heteroatoms. The number of amides is 1. The van der Waals surface area contributed by atoms with Crippen molar-refractivity contribution >= 4 is 28.9 Å². The smallest absolute Gasteiger partial charge is 0.241 e. The zero-order chi connectivity index (χ0) is 15.0. The number of ether oxygens (including phenoxy) is 1. The second-order valence-corrected chi connectivity index (χ2v) is 6.22. The lowest BCUT2D eigenvalue weighted by atomic mass is 10.2. The van der Waals surface area contributed by atoms with Crippen LogP contribution in [0.3, 0.4) is 0 Å². The highest BCUT2D eigenvalue weighted by atomic mass is 35.5. The van der Waals surface area contributed by atoms with Crippen molar-refractivity contribution in [2.45, 2.75) is 38.0 Å². The standard InChI is InChI=1S/C15H20ClN3O2/c1-9(19-7-11-3-4-12(8-19)21-11)15(20)18-10-2-5-13(16)14(17)6-10/h2,5-6,9,11-12H,3-4,7-8,17H2,1H3,(H,18,20). The van der Waals surface area contributed by atoms with E-state index in [9.17, 15) is 4.79 Å². The first-order chi connectivity index (χ1) is 10.0. The number of fused-ring (bicyclic) bond motifs is 2. The van der Waals surface area contributed by atoms with Gasteiger partial charge in [-0.3, -0.25) is 9.69 Å². The van der Waals surface area contributed by atoms with Crippen molar-refractivity contribution in [3.63, 3.8) is 0 Å². The Balaban J connectivity index is 1.63. The Labute approximate surface area is 129 Å². The minimum Gasteiger partial charge on any atom is -0.397 e. The number of nitrogen functional groups attached to an aromatic ring is 1. The van der Waals surface area contributed by atoms with Gasteiger partial charge in [-0.2, -0.15) is 0 Å². The normalized spacial score (nSPS) is 26.6. The number of hydrogen-bond donors (Lipinski definition) is 2. The minimum atomic E-state index is -0.186. The van der Waals surface area contributed by atoms with E-state index in [1.807, 2.05) is 6.92 Å². The fraction of sp³-hybridized carbons (Fsp3) is 0.533. The van der Waals surface area contributed by atoms with Crippen LogP contribution in [0.1, 0.15) is 19.8 Å². The predicted molar refractivity (Wildman–Crippen MR) is 83.4 cm³/mol. The Morgan fingerprint density at radius 2 is 2.10 bits per heavy atom. The Bertz CT molecular complexity index is 540. The van der Waals surface area contributed by atoms with Crippen LogP contribution in [0.15, 0.2) is 18.2 Å². The number of benzene rings is 1. The van der Waals surface area contributed by atoms with Gasteiger partial charge in [-0.25, -0.2) is 0 Å². The summed E-state index contributed by atoms with van der Waals surface area (Å²) in [7, 11) is 0. The summed E-state index contributed by atoms with van der Waals surface area (Å²) >= 11 is 5.88. The number of nitrogens with two attached hydrogens (primary N) is 1. The van der Waals surface area contributed by atoms with E-state index >= 15 is 0 Å². The number of halogens is 1. The molecule has 2 heterocycles. The Hall–Kier alpha value is -1.30. The zero-order valence-corrected chi connectivity index (χ0v) is 12.8. The number of anilines is 2. The molecule has 0 spiro atoms. The van der Waals surface area contributed by atoms with Crippen molar-refractivity contribution in [1.29, 1.82) is 0 Å². The van der Waals surface area contributed by atoms with Crippen LogP contribution in [0.5, 0.6) is 0 Å². The van der Waals surface area contributed by atoms with Gasteiger partial charge in [0.05, 0.1) is 29.0 Å². The molecule has 5 nitrogen and oxygen atoms in total.